The van der Waals surface area contributed by atoms with Crippen LogP contribution >= 0.6 is 11.6 Å². The summed E-state index contributed by atoms with van der Waals surface area (Å²) in [5, 5.41) is 7.53. The summed E-state index contributed by atoms with van der Waals surface area (Å²) < 4.78 is 15.3. The Morgan fingerprint density at radius 3 is 2.55 bits per heavy atom. The van der Waals surface area contributed by atoms with Gasteiger partial charge in [0.05, 0.1) is 34.9 Å². The van der Waals surface area contributed by atoms with Gasteiger partial charge in [-0.15, -0.1) is 0 Å². The molecule has 1 spiro atoms. The Hall–Kier alpha value is -2.61. The SMILES string of the molecule is CC(C)(C)NC(=O)N1Cc2c(C(N)=O)c(-c3ccc(F)c(Cl)c3)nn2CC12CC2. The molecule has 1 aliphatic heterocycles. The molecule has 1 aromatic heterocycles. The summed E-state index contributed by atoms with van der Waals surface area (Å²) in [5.74, 6) is -1.20. The van der Waals surface area contributed by atoms with Crippen LogP contribution in [0.3, 0.4) is 0 Å². The number of nitrogens with one attached hydrogen (secondary N) is 1. The second-order valence-corrected chi connectivity index (χ2v) is 9.22. The summed E-state index contributed by atoms with van der Waals surface area (Å²) in [6.07, 6.45) is 1.74. The summed E-state index contributed by atoms with van der Waals surface area (Å²) >= 11 is 5.92. The number of nitrogens with zero attached hydrogens (tertiary/aromatic N) is 3. The van der Waals surface area contributed by atoms with Crippen LogP contribution in [0.5, 0.6) is 0 Å². The van der Waals surface area contributed by atoms with Gasteiger partial charge in [-0.2, -0.15) is 5.10 Å². The Labute approximate surface area is 173 Å². The maximum absolute atomic E-state index is 13.6. The molecule has 0 radical (unpaired) electrons. The zero-order chi connectivity index (χ0) is 21.1. The van der Waals surface area contributed by atoms with Gasteiger partial charge in [-0.05, 0) is 51.8 Å². The van der Waals surface area contributed by atoms with Gasteiger partial charge in [0, 0.05) is 11.1 Å². The fourth-order valence-corrected chi connectivity index (χ4v) is 4.00. The highest BCUT2D eigenvalue weighted by molar-refractivity contribution is 6.31. The van der Waals surface area contributed by atoms with Gasteiger partial charge >= 0.3 is 6.03 Å². The lowest BCUT2D eigenvalue weighted by Crippen LogP contribution is -2.56. The molecule has 2 aliphatic rings. The van der Waals surface area contributed by atoms with Crippen LogP contribution in [0.2, 0.25) is 5.02 Å². The second kappa shape index (κ2) is 6.45. The maximum atomic E-state index is 13.6. The summed E-state index contributed by atoms with van der Waals surface area (Å²) in [6, 6.07) is 3.99. The molecule has 7 nitrogen and oxygen atoms in total. The van der Waals surface area contributed by atoms with E-state index in [1.54, 1.807) is 9.58 Å². The highest BCUT2D eigenvalue weighted by atomic mass is 35.5. The molecule has 0 saturated heterocycles. The fourth-order valence-electron chi connectivity index (χ4n) is 3.82. The Balaban J connectivity index is 1.78. The number of fused-ring (bicyclic) bond motifs is 1. The molecule has 2 heterocycles. The van der Waals surface area contributed by atoms with Crippen LogP contribution in [-0.2, 0) is 13.1 Å². The molecule has 2 aromatic rings. The zero-order valence-corrected chi connectivity index (χ0v) is 17.3. The molecule has 29 heavy (non-hydrogen) atoms. The van der Waals surface area contributed by atoms with Crippen molar-refractivity contribution in [3.8, 4) is 11.3 Å². The smallest absolute Gasteiger partial charge is 0.318 e. The van der Waals surface area contributed by atoms with Gasteiger partial charge in [0.1, 0.15) is 11.5 Å². The van der Waals surface area contributed by atoms with E-state index in [0.29, 0.717) is 23.5 Å². The predicted molar refractivity (Wildman–Crippen MR) is 107 cm³/mol. The predicted octanol–water partition coefficient (Wildman–Crippen LogP) is 3.30. The van der Waals surface area contributed by atoms with Crippen molar-refractivity contribution in [1.29, 1.82) is 0 Å². The van der Waals surface area contributed by atoms with Crippen molar-refractivity contribution in [3.05, 3.63) is 40.3 Å². The Kier molecular flexibility index (Phi) is 4.38. The number of benzene rings is 1. The number of halogens is 2. The Morgan fingerprint density at radius 2 is 2.00 bits per heavy atom. The minimum absolute atomic E-state index is 0.0614. The van der Waals surface area contributed by atoms with Crippen molar-refractivity contribution in [3.63, 3.8) is 0 Å². The number of primary amides is 1. The van der Waals surface area contributed by atoms with E-state index in [-0.39, 0.29) is 34.2 Å². The molecule has 3 amide bonds. The van der Waals surface area contributed by atoms with E-state index in [1.807, 2.05) is 20.8 Å². The Morgan fingerprint density at radius 1 is 1.31 bits per heavy atom. The monoisotopic (exact) mass is 419 g/mol. The van der Waals surface area contributed by atoms with E-state index in [0.717, 1.165) is 12.8 Å². The number of amides is 3. The highest BCUT2D eigenvalue weighted by Gasteiger charge is 2.54. The molecule has 1 aliphatic carbocycles. The second-order valence-electron chi connectivity index (χ2n) is 8.81. The number of rotatable bonds is 2. The molecule has 1 fully saturated rings. The van der Waals surface area contributed by atoms with Crippen molar-refractivity contribution < 1.29 is 14.0 Å². The van der Waals surface area contributed by atoms with Crippen molar-refractivity contribution >= 4 is 23.5 Å². The van der Waals surface area contributed by atoms with Crippen LogP contribution < -0.4 is 11.1 Å². The molecule has 0 unspecified atom stereocenters. The van der Waals surface area contributed by atoms with Gasteiger partial charge < -0.3 is 16.0 Å². The van der Waals surface area contributed by atoms with Crippen molar-refractivity contribution in [1.82, 2.24) is 20.0 Å². The minimum atomic E-state index is -0.648. The maximum Gasteiger partial charge on any atom is 0.318 e. The first-order chi connectivity index (χ1) is 13.5. The molecule has 9 heteroatoms. The molecule has 1 aromatic carbocycles. The normalized spacial score (nSPS) is 17.2. The van der Waals surface area contributed by atoms with Crippen LogP contribution in [0, 0.1) is 5.82 Å². The Bertz CT molecular complexity index is 1020. The average Bonchev–Trinajstić information content (AvgIpc) is 3.25. The van der Waals surface area contributed by atoms with Gasteiger partial charge in [-0.3, -0.25) is 9.48 Å². The number of hydrogen-bond donors (Lipinski definition) is 2. The summed E-state index contributed by atoms with van der Waals surface area (Å²) in [6.45, 7) is 6.47. The summed E-state index contributed by atoms with van der Waals surface area (Å²) in [5.41, 5.74) is 6.65. The molecule has 3 N–H and O–H groups in total. The number of carbonyl (C=O) groups excluding carboxylic acids is 2. The quantitative estimate of drug-likeness (QED) is 0.782. The highest BCUT2D eigenvalue weighted by Crippen LogP contribution is 2.47. The fraction of sp³-hybridized carbons (Fsp3) is 0.450. The third kappa shape index (κ3) is 3.46. The van der Waals surface area contributed by atoms with E-state index in [1.165, 1.54) is 18.2 Å². The van der Waals surface area contributed by atoms with Crippen LogP contribution in [0.1, 0.15) is 49.7 Å². The van der Waals surface area contributed by atoms with Gasteiger partial charge in [-0.1, -0.05) is 11.6 Å². The molecule has 0 bridgehead atoms. The number of carbonyl (C=O) groups is 2. The number of hydrogen-bond acceptors (Lipinski definition) is 3. The van der Waals surface area contributed by atoms with Crippen LogP contribution in [0.15, 0.2) is 18.2 Å². The van der Waals surface area contributed by atoms with Crippen LogP contribution in [0.25, 0.3) is 11.3 Å². The lowest BCUT2D eigenvalue weighted by atomic mass is 10.0. The van der Waals surface area contributed by atoms with E-state index in [9.17, 15) is 14.0 Å². The third-order valence-corrected chi connectivity index (χ3v) is 5.67. The molecule has 4 rings (SSSR count). The molecular formula is C20H23ClFN5O2. The molecular weight excluding hydrogens is 397 g/mol. The number of aromatic nitrogens is 2. The summed E-state index contributed by atoms with van der Waals surface area (Å²) in [4.78, 5) is 27.0. The summed E-state index contributed by atoms with van der Waals surface area (Å²) in [7, 11) is 0. The van der Waals surface area contributed by atoms with Crippen molar-refractivity contribution in [2.24, 2.45) is 5.73 Å². The van der Waals surface area contributed by atoms with Crippen molar-refractivity contribution in [2.75, 3.05) is 0 Å². The van der Waals surface area contributed by atoms with Crippen LogP contribution in [-0.4, -0.2) is 37.7 Å². The van der Waals surface area contributed by atoms with Crippen molar-refractivity contribution in [2.45, 2.75) is 57.8 Å². The van der Waals surface area contributed by atoms with Gasteiger partial charge in [-0.25, -0.2) is 9.18 Å². The number of urea groups is 1. The topological polar surface area (TPSA) is 93.2 Å². The first kappa shape index (κ1) is 19.7. The first-order valence-corrected chi connectivity index (χ1v) is 9.83. The zero-order valence-electron chi connectivity index (χ0n) is 16.6. The van der Waals surface area contributed by atoms with E-state index < -0.39 is 11.7 Å². The lowest BCUT2D eigenvalue weighted by molar-refractivity contribution is 0.0988. The van der Waals surface area contributed by atoms with E-state index >= 15 is 0 Å². The largest absolute Gasteiger partial charge is 0.365 e. The first-order valence-electron chi connectivity index (χ1n) is 9.45. The van der Waals surface area contributed by atoms with Crippen LogP contribution in [0.4, 0.5) is 9.18 Å². The molecule has 154 valence electrons. The van der Waals surface area contributed by atoms with E-state index in [2.05, 4.69) is 10.4 Å². The molecule has 0 atom stereocenters. The van der Waals surface area contributed by atoms with E-state index in [4.69, 9.17) is 17.3 Å². The number of nitrogens with two attached hydrogens (primary N) is 1. The average molecular weight is 420 g/mol. The van der Waals surface area contributed by atoms with Gasteiger partial charge in [0.25, 0.3) is 5.91 Å². The van der Waals surface area contributed by atoms with Gasteiger partial charge in [0.2, 0.25) is 0 Å². The van der Waals surface area contributed by atoms with Gasteiger partial charge in [0.15, 0.2) is 0 Å². The lowest BCUT2D eigenvalue weighted by Gasteiger charge is -2.38. The minimum Gasteiger partial charge on any atom is -0.365 e. The molecule has 1 saturated carbocycles. The third-order valence-electron chi connectivity index (χ3n) is 5.38. The standard InChI is InChI=1S/C20H23ClFN5O2/c1-19(2,3)24-18(29)26-9-14-15(17(23)28)16(11-4-5-13(22)12(21)8-11)25-27(14)10-20(26)6-7-20/h4-5,8H,6-7,9-10H2,1-3H3,(H2,23,28)(H,24,29).